The molecule has 27 heavy (non-hydrogen) atoms. The van der Waals surface area contributed by atoms with Crippen LogP contribution in [0.15, 0.2) is 24.3 Å². The third-order valence-corrected chi connectivity index (χ3v) is 5.27. The predicted molar refractivity (Wildman–Crippen MR) is 105 cm³/mol. The van der Waals surface area contributed by atoms with E-state index in [1.165, 1.54) is 0 Å². The van der Waals surface area contributed by atoms with Crippen LogP contribution >= 0.6 is 0 Å². The summed E-state index contributed by atoms with van der Waals surface area (Å²) >= 11 is 0. The molecule has 0 aliphatic carbocycles. The molecule has 2 heterocycles. The quantitative estimate of drug-likeness (QED) is 0.875. The van der Waals surface area contributed by atoms with E-state index in [9.17, 15) is 9.59 Å². The first-order valence-electron chi connectivity index (χ1n) is 9.86. The maximum atomic E-state index is 12.6. The lowest BCUT2D eigenvalue weighted by Gasteiger charge is -2.38. The van der Waals surface area contributed by atoms with E-state index in [0.29, 0.717) is 26.2 Å². The molecule has 148 valence electrons. The second-order valence-corrected chi connectivity index (χ2v) is 7.13. The molecule has 1 aromatic carbocycles. The predicted octanol–water partition coefficient (Wildman–Crippen LogP) is 1.93. The van der Waals surface area contributed by atoms with E-state index >= 15 is 0 Å². The van der Waals surface area contributed by atoms with Gasteiger partial charge in [0.05, 0.1) is 12.3 Å². The number of nitrogens with one attached hydrogen (secondary N) is 1. The number of piperidine rings is 1. The summed E-state index contributed by atoms with van der Waals surface area (Å²) in [5.74, 6) is 0.972. The molecule has 2 aliphatic rings. The molecule has 3 amide bonds. The number of urea groups is 1. The summed E-state index contributed by atoms with van der Waals surface area (Å²) < 4.78 is 5.73. The van der Waals surface area contributed by atoms with Gasteiger partial charge in [0.2, 0.25) is 5.91 Å². The monoisotopic (exact) mass is 374 g/mol. The first-order valence-corrected chi connectivity index (χ1v) is 9.86. The van der Waals surface area contributed by atoms with Crippen LogP contribution in [0.1, 0.15) is 26.7 Å². The number of para-hydroxylation sites is 2. The number of piperazine rings is 1. The highest BCUT2D eigenvalue weighted by molar-refractivity contribution is 5.76. The van der Waals surface area contributed by atoms with Crippen molar-refractivity contribution in [2.45, 2.75) is 32.7 Å². The average Bonchev–Trinajstić information content (AvgIpc) is 2.69. The summed E-state index contributed by atoms with van der Waals surface area (Å²) in [6, 6.07) is 8.07. The Morgan fingerprint density at radius 1 is 1.11 bits per heavy atom. The van der Waals surface area contributed by atoms with Crippen LogP contribution in [0.25, 0.3) is 0 Å². The topological polar surface area (TPSA) is 65.1 Å². The van der Waals surface area contributed by atoms with E-state index in [2.05, 4.69) is 16.3 Å². The molecular formula is C20H30N4O3. The van der Waals surface area contributed by atoms with Gasteiger partial charge in [-0.3, -0.25) is 4.79 Å². The lowest BCUT2D eigenvalue weighted by molar-refractivity contribution is -0.130. The minimum absolute atomic E-state index is 0.0249. The van der Waals surface area contributed by atoms with Crippen LogP contribution in [0.2, 0.25) is 0 Å². The molecule has 0 aromatic heterocycles. The normalized spacial score (nSPS) is 20.4. The minimum Gasteiger partial charge on any atom is -0.492 e. The summed E-state index contributed by atoms with van der Waals surface area (Å²) in [6.45, 7) is 8.52. The molecule has 3 rings (SSSR count). The van der Waals surface area contributed by atoms with Gasteiger partial charge in [-0.1, -0.05) is 12.1 Å². The number of benzene rings is 1. The van der Waals surface area contributed by atoms with Crippen molar-refractivity contribution in [3.63, 3.8) is 0 Å². The molecule has 2 saturated heterocycles. The molecule has 1 aromatic rings. The highest BCUT2D eigenvalue weighted by Crippen LogP contribution is 2.28. The van der Waals surface area contributed by atoms with Crippen molar-refractivity contribution >= 4 is 17.6 Å². The highest BCUT2D eigenvalue weighted by Gasteiger charge is 2.27. The van der Waals surface area contributed by atoms with E-state index in [0.717, 1.165) is 43.9 Å². The number of amides is 3. The first kappa shape index (κ1) is 19.3. The highest BCUT2D eigenvalue weighted by atomic mass is 16.5. The van der Waals surface area contributed by atoms with Crippen molar-refractivity contribution in [2.24, 2.45) is 0 Å². The standard InChI is InChI=1S/C20H30N4O3/c1-3-27-19-9-5-4-8-18(19)22-11-13-23(14-12-22)20(26)21-17-7-6-10-24(15-17)16(2)25/h4-5,8-9,17H,3,6-7,10-15H2,1-2H3,(H,21,26)/t17-/m0/s1. The van der Waals surface area contributed by atoms with E-state index in [1.54, 1.807) is 6.92 Å². The van der Waals surface area contributed by atoms with Crippen LogP contribution in [-0.4, -0.2) is 73.7 Å². The smallest absolute Gasteiger partial charge is 0.317 e. The van der Waals surface area contributed by atoms with Gasteiger partial charge in [-0.15, -0.1) is 0 Å². The van der Waals surface area contributed by atoms with Crippen molar-refractivity contribution in [3.05, 3.63) is 24.3 Å². The SMILES string of the molecule is CCOc1ccccc1N1CCN(C(=O)N[C@H]2CCCN(C(C)=O)C2)CC1. The fourth-order valence-corrected chi connectivity index (χ4v) is 3.79. The van der Waals surface area contributed by atoms with Crippen LogP contribution in [0.5, 0.6) is 5.75 Å². The molecular weight excluding hydrogens is 344 g/mol. The minimum atomic E-state index is -0.0249. The van der Waals surface area contributed by atoms with Gasteiger partial charge in [0, 0.05) is 52.2 Å². The van der Waals surface area contributed by atoms with Crippen molar-refractivity contribution in [1.82, 2.24) is 15.1 Å². The van der Waals surface area contributed by atoms with Gasteiger partial charge in [0.25, 0.3) is 0 Å². The Morgan fingerprint density at radius 2 is 1.85 bits per heavy atom. The van der Waals surface area contributed by atoms with E-state index in [4.69, 9.17) is 4.74 Å². The number of hydrogen-bond donors (Lipinski definition) is 1. The number of nitrogens with zero attached hydrogens (tertiary/aromatic N) is 3. The van der Waals surface area contributed by atoms with Crippen molar-refractivity contribution in [3.8, 4) is 5.75 Å². The molecule has 7 heteroatoms. The zero-order chi connectivity index (χ0) is 19.2. The molecule has 0 unspecified atom stereocenters. The summed E-state index contributed by atoms with van der Waals surface area (Å²) in [4.78, 5) is 30.1. The van der Waals surface area contributed by atoms with E-state index in [1.807, 2.05) is 34.9 Å². The largest absolute Gasteiger partial charge is 0.492 e. The Kier molecular flexibility index (Phi) is 6.42. The second-order valence-electron chi connectivity index (χ2n) is 7.13. The summed E-state index contributed by atoms with van der Waals surface area (Å²) in [5.41, 5.74) is 1.09. The molecule has 7 nitrogen and oxygen atoms in total. The number of carbonyl (C=O) groups is 2. The Hall–Kier alpha value is -2.44. The van der Waals surface area contributed by atoms with Gasteiger partial charge >= 0.3 is 6.03 Å². The Balaban J connectivity index is 1.52. The second kappa shape index (κ2) is 8.97. The summed E-state index contributed by atoms with van der Waals surface area (Å²) in [5, 5.41) is 3.11. The average molecular weight is 374 g/mol. The first-order chi connectivity index (χ1) is 13.1. The number of hydrogen-bond acceptors (Lipinski definition) is 4. The van der Waals surface area contributed by atoms with Gasteiger partial charge in [-0.05, 0) is 31.9 Å². The molecule has 1 N–H and O–H groups in total. The maximum Gasteiger partial charge on any atom is 0.317 e. The lowest BCUT2D eigenvalue weighted by atomic mass is 10.1. The molecule has 1 atom stereocenters. The molecule has 2 aliphatic heterocycles. The van der Waals surface area contributed by atoms with Gasteiger partial charge in [0.1, 0.15) is 5.75 Å². The Labute approximate surface area is 161 Å². The summed E-state index contributed by atoms with van der Waals surface area (Å²) in [7, 11) is 0. The van der Waals surface area contributed by atoms with E-state index < -0.39 is 0 Å². The lowest BCUT2D eigenvalue weighted by Crippen LogP contribution is -2.56. The van der Waals surface area contributed by atoms with E-state index in [-0.39, 0.29) is 18.0 Å². The summed E-state index contributed by atoms with van der Waals surface area (Å²) in [6.07, 6.45) is 1.86. The van der Waals surface area contributed by atoms with Crippen molar-refractivity contribution in [1.29, 1.82) is 0 Å². The number of likely N-dealkylation sites (tertiary alicyclic amines) is 1. The van der Waals surface area contributed by atoms with Crippen LogP contribution in [0.4, 0.5) is 10.5 Å². The molecule has 0 bridgehead atoms. The number of anilines is 1. The van der Waals surface area contributed by atoms with Gasteiger partial charge in [0.15, 0.2) is 0 Å². The third-order valence-electron chi connectivity index (χ3n) is 5.27. The Bertz CT molecular complexity index is 658. The fraction of sp³-hybridized carbons (Fsp3) is 0.600. The maximum absolute atomic E-state index is 12.6. The zero-order valence-corrected chi connectivity index (χ0v) is 16.3. The van der Waals surface area contributed by atoms with Gasteiger partial charge in [-0.2, -0.15) is 0 Å². The van der Waals surface area contributed by atoms with Crippen LogP contribution < -0.4 is 15.0 Å². The molecule has 2 fully saturated rings. The van der Waals surface area contributed by atoms with Gasteiger partial charge < -0.3 is 24.8 Å². The zero-order valence-electron chi connectivity index (χ0n) is 16.3. The molecule has 0 spiro atoms. The van der Waals surface area contributed by atoms with Gasteiger partial charge in [-0.25, -0.2) is 4.79 Å². The third kappa shape index (κ3) is 4.84. The number of ether oxygens (including phenoxy) is 1. The molecule has 0 radical (unpaired) electrons. The number of rotatable bonds is 4. The van der Waals surface area contributed by atoms with Crippen LogP contribution in [0.3, 0.4) is 0 Å². The van der Waals surface area contributed by atoms with Crippen LogP contribution in [0, 0.1) is 0 Å². The number of carbonyl (C=O) groups excluding carboxylic acids is 2. The fourth-order valence-electron chi connectivity index (χ4n) is 3.79. The van der Waals surface area contributed by atoms with Crippen molar-refractivity contribution in [2.75, 3.05) is 50.8 Å². The van der Waals surface area contributed by atoms with Crippen molar-refractivity contribution < 1.29 is 14.3 Å². The van der Waals surface area contributed by atoms with Crippen LogP contribution in [-0.2, 0) is 4.79 Å². The Morgan fingerprint density at radius 3 is 2.56 bits per heavy atom. The molecule has 0 saturated carbocycles.